The highest BCUT2D eigenvalue weighted by Crippen LogP contribution is 2.15. The summed E-state index contributed by atoms with van der Waals surface area (Å²) < 4.78 is 0. The third-order valence-corrected chi connectivity index (χ3v) is 2.43. The summed E-state index contributed by atoms with van der Waals surface area (Å²) in [6.07, 6.45) is 1.13. The smallest absolute Gasteiger partial charge is 0.221 e. The minimum atomic E-state index is -0.0371. The van der Waals surface area contributed by atoms with Crippen molar-refractivity contribution in [3.8, 4) is 0 Å². The van der Waals surface area contributed by atoms with Gasteiger partial charge >= 0.3 is 0 Å². The summed E-state index contributed by atoms with van der Waals surface area (Å²) in [5.41, 5.74) is 2.08. The summed E-state index contributed by atoms with van der Waals surface area (Å²) in [5.74, 6) is -0.0371. The normalized spacial score (nSPS) is 12.2. The predicted octanol–water partition coefficient (Wildman–Crippen LogP) is 2.71. The number of nitrogens with one attached hydrogen (secondary N) is 2. The SMILES string of the molecule is CCCNC(C)c1ccc(NC(C)=O)cc1. The van der Waals surface area contributed by atoms with Crippen molar-refractivity contribution in [2.45, 2.75) is 33.2 Å². The summed E-state index contributed by atoms with van der Waals surface area (Å²) in [6, 6.07) is 8.30. The molecule has 0 saturated heterocycles. The Labute approximate surface area is 97.2 Å². The van der Waals surface area contributed by atoms with E-state index in [1.807, 2.05) is 24.3 Å². The van der Waals surface area contributed by atoms with Gasteiger partial charge in [0.25, 0.3) is 0 Å². The molecule has 88 valence electrons. The molecule has 1 aromatic rings. The molecule has 0 aliphatic rings. The van der Waals surface area contributed by atoms with Gasteiger partial charge in [-0.1, -0.05) is 19.1 Å². The average Bonchev–Trinajstić information content (AvgIpc) is 2.26. The molecule has 0 spiro atoms. The Morgan fingerprint density at radius 1 is 1.31 bits per heavy atom. The molecular weight excluding hydrogens is 200 g/mol. The zero-order valence-corrected chi connectivity index (χ0v) is 10.2. The largest absolute Gasteiger partial charge is 0.326 e. The van der Waals surface area contributed by atoms with Crippen LogP contribution < -0.4 is 10.6 Å². The lowest BCUT2D eigenvalue weighted by atomic mass is 10.1. The fraction of sp³-hybridized carbons (Fsp3) is 0.462. The summed E-state index contributed by atoms with van der Waals surface area (Å²) >= 11 is 0. The van der Waals surface area contributed by atoms with Crippen molar-refractivity contribution in [3.63, 3.8) is 0 Å². The monoisotopic (exact) mass is 220 g/mol. The Morgan fingerprint density at radius 2 is 1.94 bits per heavy atom. The van der Waals surface area contributed by atoms with E-state index in [0.29, 0.717) is 6.04 Å². The second-order valence-corrected chi connectivity index (χ2v) is 3.98. The maximum Gasteiger partial charge on any atom is 0.221 e. The van der Waals surface area contributed by atoms with Crippen molar-refractivity contribution >= 4 is 11.6 Å². The Morgan fingerprint density at radius 3 is 2.44 bits per heavy atom. The van der Waals surface area contributed by atoms with Crippen molar-refractivity contribution in [3.05, 3.63) is 29.8 Å². The predicted molar refractivity (Wildman–Crippen MR) is 67.5 cm³/mol. The van der Waals surface area contributed by atoms with Gasteiger partial charge in [-0.25, -0.2) is 0 Å². The standard InChI is InChI=1S/C13H20N2O/c1-4-9-14-10(2)12-5-7-13(8-6-12)15-11(3)16/h5-8,10,14H,4,9H2,1-3H3,(H,15,16). The van der Waals surface area contributed by atoms with E-state index in [9.17, 15) is 4.79 Å². The highest BCUT2D eigenvalue weighted by atomic mass is 16.1. The summed E-state index contributed by atoms with van der Waals surface area (Å²) in [7, 11) is 0. The molecule has 16 heavy (non-hydrogen) atoms. The molecular formula is C13H20N2O. The third kappa shape index (κ3) is 4.03. The molecule has 0 bridgehead atoms. The van der Waals surface area contributed by atoms with Crippen LogP contribution in [-0.4, -0.2) is 12.5 Å². The number of benzene rings is 1. The Balaban J connectivity index is 2.59. The first-order valence-electron chi connectivity index (χ1n) is 5.74. The van der Waals surface area contributed by atoms with E-state index in [4.69, 9.17) is 0 Å². The highest BCUT2D eigenvalue weighted by Gasteiger charge is 2.03. The molecule has 3 nitrogen and oxygen atoms in total. The second-order valence-electron chi connectivity index (χ2n) is 3.98. The van der Waals surface area contributed by atoms with Gasteiger partial charge in [-0.05, 0) is 37.6 Å². The van der Waals surface area contributed by atoms with Gasteiger partial charge in [0.2, 0.25) is 5.91 Å². The van der Waals surface area contributed by atoms with E-state index < -0.39 is 0 Å². The molecule has 2 N–H and O–H groups in total. The molecule has 0 aromatic heterocycles. The van der Waals surface area contributed by atoms with E-state index in [1.54, 1.807) is 0 Å². The van der Waals surface area contributed by atoms with Crippen LogP contribution in [0.25, 0.3) is 0 Å². The zero-order chi connectivity index (χ0) is 12.0. The van der Waals surface area contributed by atoms with Crippen LogP contribution >= 0.6 is 0 Å². The first-order valence-corrected chi connectivity index (χ1v) is 5.74. The van der Waals surface area contributed by atoms with Gasteiger partial charge in [0.1, 0.15) is 0 Å². The van der Waals surface area contributed by atoms with E-state index in [-0.39, 0.29) is 5.91 Å². The molecule has 1 amide bonds. The number of anilines is 1. The topological polar surface area (TPSA) is 41.1 Å². The Hall–Kier alpha value is -1.35. The quantitative estimate of drug-likeness (QED) is 0.801. The minimum absolute atomic E-state index is 0.0371. The fourth-order valence-electron chi connectivity index (χ4n) is 1.54. The number of hydrogen-bond donors (Lipinski definition) is 2. The molecule has 1 unspecified atom stereocenters. The van der Waals surface area contributed by atoms with Gasteiger partial charge in [-0.2, -0.15) is 0 Å². The highest BCUT2D eigenvalue weighted by molar-refractivity contribution is 5.88. The third-order valence-electron chi connectivity index (χ3n) is 2.43. The van der Waals surface area contributed by atoms with E-state index in [1.165, 1.54) is 12.5 Å². The van der Waals surface area contributed by atoms with Crippen molar-refractivity contribution < 1.29 is 4.79 Å². The molecule has 1 atom stereocenters. The number of carbonyl (C=O) groups excluding carboxylic acids is 1. The van der Waals surface area contributed by atoms with Crippen LogP contribution in [0, 0.1) is 0 Å². The van der Waals surface area contributed by atoms with Crippen LogP contribution in [0.2, 0.25) is 0 Å². The summed E-state index contributed by atoms with van der Waals surface area (Å²) in [6.45, 7) is 6.83. The molecule has 0 radical (unpaired) electrons. The average molecular weight is 220 g/mol. The van der Waals surface area contributed by atoms with Crippen molar-refractivity contribution in [2.24, 2.45) is 0 Å². The van der Waals surface area contributed by atoms with Crippen molar-refractivity contribution in [1.82, 2.24) is 5.32 Å². The number of hydrogen-bond acceptors (Lipinski definition) is 2. The molecule has 1 aromatic carbocycles. The molecule has 0 aliphatic carbocycles. The molecule has 0 saturated carbocycles. The van der Waals surface area contributed by atoms with Crippen LogP contribution in [0.1, 0.15) is 38.8 Å². The van der Waals surface area contributed by atoms with Crippen molar-refractivity contribution in [2.75, 3.05) is 11.9 Å². The fourth-order valence-corrected chi connectivity index (χ4v) is 1.54. The van der Waals surface area contributed by atoms with Gasteiger partial charge in [-0.15, -0.1) is 0 Å². The molecule has 1 rings (SSSR count). The number of carbonyl (C=O) groups is 1. The van der Waals surface area contributed by atoms with E-state index >= 15 is 0 Å². The molecule has 3 heteroatoms. The summed E-state index contributed by atoms with van der Waals surface area (Å²) in [5, 5.41) is 6.18. The van der Waals surface area contributed by atoms with Crippen LogP contribution in [-0.2, 0) is 4.79 Å². The van der Waals surface area contributed by atoms with Crippen LogP contribution in [0.3, 0.4) is 0 Å². The van der Waals surface area contributed by atoms with Gasteiger partial charge in [0, 0.05) is 18.7 Å². The number of amides is 1. The van der Waals surface area contributed by atoms with Crippen LogP contribution in [0.5, 0.6) is 0 Å². The minimum Gasteiger partial charge on any atom is -0.326 e. The van der Waals surface area contributed by atoms with Gasteiger partial charge in [0.15, 0.2) is 0 Å². The summed E-state index contributed by atoms with van der Waals surface area (Å²) in [4.78, 5) is 10.8. The van der Waals surface area contributed by atoms with Gasteiger partial charge < -0.3 is 10.6 Å². The van der Waals surface area contributed by atoms with Gasteiger partial charge in [-0.3, -0.25) is 4.79 Å². The second kappa shape index (κ2) is 6.28. The van der Waals surface area contributed by atoms with Gasteiger partial charge in [0.05, 0.1) is 0 Å². The number of rotatable bonds is 5. The molecule has 0 fully saturated rings. The zero-order valence-electron chi connectivity index (χ0n) is 10.2. The maximum atomic E-state index is 10.8. The lowest BCUT2D eigenvalue weighted by Gasteiger charge is -2.14. The lowest BCUT2D eigenvalue weighted by molar-refractivity contribution is -0.114. The first-order chi connectivity index (χ1) is 7.63. The lowest BCUT2D eigenvalue weighted by Crippen LogP contribution is -2.19. The molecule has 0 aliphatic heterocycles. The Kier molecular flexibility index (Phi) is 4.99. The molecule has 0 heterocycles. The Bertz CT molecular complexity index is 332. The first kappa shape index (κ1) is 12.7. The van der Waals surface area contributed by atoms with E-state index in [0.717, 1.165) is 18.7 Å². The van der Waals surface area contributed by atoms with Crippen LogP contribution in [0.15, 0.2) is 24.3 Å². The maximum absolute atomic E-state index is 10.8. The van der Waals surface area contributed by atoms with E-state index in [2.05, 4.69) is 24.5 Å². The van der Waals surface area contributed by atoms with Crippen LogP contribution in [0.4, 0.5) is 5.69 Å². The van der Waals surface area contributed by atoms with Crippen molar-refractivity contribution in [1.29, 1.82) is 0 Å².